The largest absolute Gasteiger partial charge is 0.494 e. The maximum absolute atomic E-state index is 14.3. The van der Waals surface area contributed by atoms with Crippen molar-refractivity contribution in [1.82, 2.24) is 19.2 Å². The van der Waals surface area contributed by atoms with Gasteiger partial charge in [-0.3, -0.25) is 9.08 Å². The third kappa shape index (κ3) is 6.06. The predicted octanol–water partition coefficient (Wildman–Crippen LogP) is 9.32. The summed E-state index contributed by atoms with van der Waals surface area (Å²) in [6.07, 6.45) is 16.6. The van der Waals surface area contributed by atoms with Gasteiger partial charge in [-0.1, -0.05) is 85.0 Å². The van der Waals surface area contributed by atoms with Gasteiger partial charge in [-0.25, -0.2) is 9.37 Å². The number of pyridine rings is 1. The summed E-state index contributed by atoms with van der Waals surface area (Å²) < 4.78 is 24.4. The molecule has 0 spiro atoms. The number of aromatic nitrogens is 4. The molecule has 1 aliphatic rings. The van der Waals surface area contributed by atoms with E-state index in [1.54, 1.807) is 12.1 Å². The molecular weight excluding hydrogens is 634 g/mol. The fourth-order valence-corrected chi connectivity index (χ4v) is 7.24. The Balaban J connectivity index is 1.32. The first-order valence-corrected chi connectivity index (χ1v) is 17.4. The van der Waals surface area contributed by atoms with Crippen LogP contribution in [0.3, 0.4) is 0 Å². The predicted molar refractivity (Wildman–Crippen MR) is 202 cm³/mol. The summed E-state index contributed by atoms with van der Waals surface area (Å²) in [4.78, 5) is 4.73. The Kier molecular flexibility index (Phi) is 8.87. The summed E-state index contributed by atoms with van der Waals surface area (Å²) in [5.41, 5.74) is 13.5. The number of halogens is 1. The lowest BCUT2D eigenvalue weighted by Crippen LogP contribution is -2.43. The Bertz CT molecular complexity index is 2270. The molecule has 252 valence electrons. The van der Waals surface area contributed by atoms with E-state index in [0.717, 1.165) is 69.0 Å². The van der Waals surface area contributed by atoms with E-state index in [9.17, 15) is 4.39 Å². The molecule has 1 unspecified atom stereocenters. The van der Waals surface area contributed by atoms with Crippen LogP contribution in [0.15, 0.2) is 164 Å². The van der Waals surface area contributed by atoms with Crippen molar-refractivity contribution >= 4 is 5.65 Å². The van der Waals surface area contributed by atoms with Gasteiger partial charge < -0.3 is 10.5 Å². The maximum Gasteiger partial charge on any atom is 0.137 e. The second-order valence-corrected chi connectivity index (χ2v) is 12.8. The lowest BCUT2D eigenvalue weighted by molar-refractivity contribution is 0.293. The third-order valence-corrected chi connectivity index (χ3v) is 9.72. The standard InChI is InChI=1S/C44H38FN5O/c45-38-22-17-33(18-23-38)43-40(34-21-26-42-47-29-41(49(42)30-34)32-19-24-39(25-20-32)51-28-10-27-46)31-50(48-43)44(35-11-4-1-5-12-35,36-13-6-2-7-14-36)37-15-8-3-9-16-37/h1-9,11-15,17-26,29-31,37H,10,16,27-28,46H2. The smallest absolute Gasteiger partial charge is 0.137 e. The molecule has 4 aromatic carbocycles. The minimum atomic E-state index is -0.685. The highest BCUT2D eigenvalue weighted by Crippen LogP contribution is 2.46. The van der Waals surface area contributed by atoms with Gasteiger partial charge in [-0.15, -0.1) is 0 Å². The van der Waals surface area contributed by atoms with Gasteiger partial charge in [0.25, 0.3) is 0 Å². The Hall–Kier alpha value is -6.05. The van der Waals surface area contributed by atoms with Gasteiger partial charge in [0, 0.05) is 40.6 Å². The van der Waals surface area contributed by atoms with Crippen LogP contribution in [0.1, 0.15) is 24.0 Å². The van der Waals surface area contributed by atoms with Crippen molar-refractivity contribution < 1.29 is 9.13 Å². The zero-order valence-corrected chi connectivity index (χ0v) is 28.1. The molecule has 8 rings (SSSR count). The van der Waals surface area contributed by atoms with E-state index in [1.807, 2.05) is 24.4 Å². The molecule has 0 radical (unpaired) electrons. The highest BCUT2D eigenvalue weighted by Gasteiger charge is 2.44. The molecule has 0 fully saturated rings. The van der Waals surface area contributed by atoms with Gasteiger partial charge in [0.1, 0.15) is 28.4 Å². The molecule has 7 heteroatoms. The average Bonchev–Trinajstić information content (AvgIpc) is 3.83. The number of rotatable bonds is 11. The summed E-state index contributed by atoms with van der Waals surface area (Å²) in [6.45, 7) is 1.18. The van der Waals surface area contributed by atoms with Gasteiger partial charge in [-0.05, 0) is 91.2 Å². The summed E-state index contributed by atoms with van der Waals surface area (Å²) >= 11 is 0. The Morgan fingerprint density at radius 1 is 0.765 bits per heavy atom. The number of allylic oxidation sites excluding steroid dienone is 4. The molecule has 0 amide bonds. The van der Waals surface area contributed by atoms with E-state index in [-0.39, 0.29) is 11.7 Å². The van der Waals surface area contributed by atoms with Crippen LogP contribution < -0.4 is 10.5 Å². The summed E-state index contributed by atoms with van der Waals surface area (Å²) in [6, 6.07) is 40.0. The van der Waals surface area contributed by atoms with Crippen molar-refractivity contribution in [3.63, 3.8) is 0 Å². The lowest BCUT2D eigenvalue weighted by Gasteiger charge is -2.41. The Morgan fingerprint density at radius 2 is 1.45 bits per heavy atom. The molecule has 0 saturated heterocycles. The first kappa shape index (κ1) is 32.2. The van der Waals surface area contributed by atoms with Crippen molar-refractivity contribution in [2.45, 2.75) is 18.4 Å². The van der Waals surface area contributed by atoms with Crippen LogP contribution in [0.2, 0.25) is 0 Å². The van der Waals surface area contributed by atoms with Crippen molar-refractivity contribution in [3.05, 3.63) is 181 Å². The van der Waals surface area contributed by atoms with Gasteiger partial charge in [-0.2, -0.15) is 5.10 Å². The molecular formula is C44H38FN5O. The van der Waals surface area contributed by atoms with Crippen LogP contribution in [0, 0.1) is 11.7 Å². The quantitative estimate of drug-likeness (QED) is 0.139. The van der Waals surface area contributed by atoms with Crippen LogP contribution in [-0.4, -0.2) is 32.3 Å². The highest BCUT2D eigenvalue weighted by molar-refractivity contribution is 5.81. The van der Waals surface area contributed by atoms with Crippen LogP contribution in [0.4, 0.5) is 4.39 Å². The molecule has 0 bridgehead atoms. The number of nitrogens with two attached hydrogens (primary N) is 1. The fourth-order valence-electron chi connectivity index (χ4n) is 7.24. The topological polar surface area (TPSA) is 70.4 Å². The van der Waals surface area contributed by atoms with E-state index in [0.29, 0.717) is 13.2 Å². The molecule has 2 N–H and O–H groups in total. The lowest BCUT2D eigenvalue weighted by atomic mass is 9.70. The SMILES string of the molecule is NCCCOc1ccc(-c2cnc3ccc(-c4cn(C(c5ccccc5)(c5ccccc5)C5C=CC=CC5)nc4-c4ccc(F)cc4)cn23)cc1. The molecule has 0 aliphatic heterocycles. The summed E-state index contributed by atoms with van der Waals surface area (Å²) in [5.74, 6) is 0.579. The van der Waals surface area contributed by atoms with Crippen molar-refractivity contribution in [2.24, 2.45) is 11.7 Å². The number of ether oxygens (including phenoxy) is 1. The molecule has 3 aromatic heterocycles. The van der Waals surface area contributed by atoms with Crippen molar-refractivity contribution in [3.8, 4) is 39.4 Å². The number of benzene rings is 4. The first-order valence-electron chi connectivity index (χ1n) is 17.4. The fraction of sp³-hybridized carbons (Fsp3) is 0.136. The van der Waals surface area contributed by atoms with E-state index in [2.05, 4.69) is 125 Å². The van der Waals surface area contributed by atoms with Crippen LogP contribution >= 0.6 is 0 Å². The number of nitrogens with zero attached hydrogens (tertiary/aromatic N) is 4. The second-order valence-electron chi connectivity index (χ2n) is 12.8. The van der Waals surface area contributed by atoms with Crippen LogP contribution in [0.25, 0.3) is 39.3 Å². The Morgan fingerprint density at radius 3 is 2.12 bits per heavy atom. The van der Waals surface area contributed by atoms with Crippen LogP contribution in [0.5, 0.6) is 5.75 Å². The zero-order chi connectivity index (χ0) is 34.6. The number of fused-ring (bicyclic) bond motifs is 1. The molecule has 1 atom stereocenters. The summed E-state index contributed by atoms with van der Waals surface area (Å²) in [7, 11) is 0. The third-order valence-electron chi connectivity index (χ3n) is 9.72. The van der Waals surface area contributed by atoms with Crippen molar-refractivity contribution in [1.29, 1.82) is 0 Å². The van der Waals surface area contributed by atoms with Gasteiger partial charge >= 0.3 is 0 Å². The molecule has 7 aromatic rings. The van der Waals surface area contributed by atoms with Crippen molar-refractivity contribution in [2.75, 3.05) is 13.2 Å². The van der Waals surface area contributed by atoms with Gasteiger partial charge in [0.2, 0.25) is 0 Å². The number of hydrogen-bond donors (Lipinski definition) is 1. The molecule has 51 heavy (non-hydrogen) atoms. The zero-order valence-electron chi connectivity index (χ0n) is 28.1. The van der Waals surface area contributed by atoms with E-state index < -0.39 is 5.54 Å². The van der Waals surface area contributed by atoms with E-state index in [1.165, 1.54) is 12.1 Å². The molecule has 6 nitrogen and oxygen atoms in total. The molecule has 1 aliphatic carbocycles. The van der Waals surface area contributed by atoms with Gasteiger partial charge in [0.05, 0.1) is 18.5 Å². The van der Waals surface area contributed by atoms with Crippen LogP contribution in [-0.2, 0) is 5.54 Å². The number of imidazole rings is 1. The molecule has 3 heterocycles. The maximum atomic E-state index is 14.3. The first-order chi connectivity index (χ1) is 25.1. The Labute approximate surface area is 297 Å². The number of hydrogen-bond acceptors (Lipinski definition) is 4. The molecule has 0 saturated carbocycles. The monoisotopic (exact) mass is 671 g/mol. The van der Waals surface area contributed by atoms with E-state index >= 15 is 0 Å². The van der Waals surface area contributed by atoms with E-state index in [4.69, 9.17) is 20.6 Å². The average molecular weight is 672 g/mol. The minimum absolute atomic E-state index is 0.0612. The summed E-state index contributed by atoms with van der Waals surface area (Å²) in [5, 5.41) is 5.47. The second kappa shape index (κ2) is 14.1. The normalized spacial score (nSPS) is 14.3. The highest BCUT2D eigenvalue weighted by atomic mass is 19.1. The van der Waals surface area contributed by atoms with Gasteiger partial charge in [0.15, 0.2) is 0 Å². The minimum Gasteiger partial charge on any atom is -0.494 e.